The molecule has 0 radical (unpaired) electrons. The van der Waals surface area contributed by atoms with Gasteiger partial charge in [-0.15, -0.1) is 0 Å². The van der Waals surface area contributed by atoms with E-state index in [4.69, 9.17) is 5.26 Å². The van der Waals surface area contributed by atoms with E-state index in [-0.39, 0.29) is 11.6 Å². The van der Waals surface area contributed by atoms with Crippen LogP contribution in [-0.2, 0) is 0 Å². The van der Waals surface area contributed by atoms with E-state index in [0.29, 0.717) is 5.56 Å². The standard InChI is InChI=1S/C14H9F2N3O2/c15-14(16)21-10-4-2-9(3-5-10)11(8-17)12(20)13-18-6-1-7-19-13/h1-7,11,14H. The van der Waals surface area contributed by atoms with Gasteiger partial charge in [0.15, 0.2) is 5.82 Å². The molecule has 0 amide bonds. The number of nitriles is 1. The lowest BCUT2D eigenvalue weighted by atomic mass is 9.95. The van der Waals surface area contributed by atoms with Crippen molar-refractivity contribution in [3.63, 3.8) is 0 Å². The van der Waals surface area contributed by atoms with Gasteiger partial charge in [-0.3, -0.25) is 4.79 Å². The molecular formula is C14H9F2N3O2. The number of halogens is 2. The van der Waals surface area contributed by atoms with Gasteiger partial charge in [0.1, 0.15) is 11.7 Å². The molecule has 0 aliphatic heterocycles. The predicted octanol–water partition coefficient (Wildman–Crippen LogP) is 2.57. The molecule has 0 saturated heterocycles. The summed E-state index contributed by atoms with van der Waals surface area (Å²) in [5.41, 5.74) is 0.358. The van der Waals surface area contributed by atoms with Crippen LogP contribution in [0.25, 0.3) is 0 Å². The highest BCUT2D eigenvalue weighted by atomic mass is 19.3. The molecule has 0 N–H and O–H groups in total. The molecular weight excluding hydrogens is 280 g/mol. The highest BCUT2D eigenvalue weighted by molar-refractivity contribution is 5.99. The Kier molecular flexibility index (Phi) is 4.51. The minimum atomic E-state index is -2.93. The Morgan fingerprint density at radius 1 is 1.19 bits per heavy atom. The molecule has 0 spiro atoms. The maximum absolute atomic E-state index is 12.1. The van der Waals surface area contributed by atoms with Crippen molar-refractivity contribution in [3.8, 4) is 11.8 Å². The second-order valence-corrected chi connectivity index (χ2v) is 3.95. The molecule has 1 aromatic carbocycles. The van der Waals surface area contributed by atoms with E-state index < -0.39 is 18.3 Å². The third kappa shape index (κ3) is 3.57. The van der Waals surface area contributed by atoms with Crippen molar-refractivity contribution in [1.29, 1.82) is 5.26 Å². The molecule has 1 aromatic heterocycles. The molecule has 0 bridgehead atoms. The lowest BCUT2D eigenvalue weighted by molar-refractivity contribution is -0.0498. The molecule has 0 aliphatic carbocycles. The number of hydrogen-bond acceptors (Lipinski definition) is 5. The second-order valence-electron chi connectivity index (χ2n) is 3.95. The van der Waals surface area contributed by atoms with Gasteiger partial charge in [0, 0.05) is 12.4 Å². The van der Waals surface area contributed by atoms with Crippen LogP contribution in [-0.4, -0.2) is 22.4 Å². The first-order chi connectivity index (χ1) is 10.1. The Balaban J connectivity index is 2.22. The number of carbonyl (C=O) groups excluding carboxylic acids is 1. The van der Waals surface area contributed by atoms with Gasteiger partial charge in [-0.2, -0.15) is 14.0 Å². The SMILES string of the molecule is N#CC(C(=O)c1ncccn1)c1ccc(OC(F)F)cc1. The topological polar surface area (TPSA) is 75.9 Å². The Hall–Kier alpha value is -2.88. The van der Waals surface area contributed by atoms with Crippen molar-refractivity contribution < 1.29 is 18.3 Å². The fourth-order valence-electron chi connectivity index (χ4n) is 1.68. The summed E-state index contributed by atoms with van der Waals surface area (Å²) >= 11 is 0. The zero-order chi connectivity index (χ0) is 15.2. The normalized spacial score (nSPS) is 11.7. The van der Waals surface area contributed by atoms with Crippen LogP contribution in [0, 0.1) is 11.3 Å². The van der Waals surface area contributed by atoms with Crippen molar-refractivity contribution in [2.24, 2.45) is 0 Å². The van der Waals surface area contributed by atoms with Crippen molar-refractivity contribution in [2.45, 2.75) is 12.5 Å². The van der Waals surface area contributed by atoms with E-state index >= 15 is 0 Å². The van der Waals surface area contributed by atoms with Gasteiger partial charge in [-0.25, -0.2) is 9.97 Å². The monoisotopic (exact) mass is 289 g/mol. The fourth-order valence-corrected chi connectivity index (χ4v) is 1.68. The first-order valence-electron chi connectivity index (χ1n) is 5.87. The molecule has 1 unspecified atom stereocenters. The van der Waals surface area contributed by atoms with Crippen molar-refractivity contribution >= 4 is 5.78 Å². The number of nitrogens with zero attached hydrogens (tertiary/aromatic N) is 3. The molecule has 1 heterocycles. The Labute approximate surface area is 118 Å². The number of hydrogen-bond donors (Lipinski definition) is 0. The summed E-state index contributed by atoms with van der Waals surface area (Å²) in [5.74, 6) is -1.78. The van der Waals surface area contributed by atoms with Crippen LogP contribution in [0.5, 0.6) is 5.75 Å². The van der Waals surface area contributed by atoms with E-state index in [1.807, 2.05) is 6.07 Å². The first kappa shape index (κ1) is 14.5. The van der Waals surface area contributed by atoms with Crippen molar-refractivity contribution in [2.75, 3.05) is 0 Å². The zero-order valence-electron chi connectivity index (χ0n) is 10.6. The third-order valence-corrected chi connectivity index (χ3v) is 2.62. The summed E-state index contributed by atoms with van der Waals surface area (Å²) in [6, 6.07) is 8.71. The minimum absolute atomic E-state index is 0.0474. The maximum Gasteiger partial charge on any atom is 0.387 e. The maximum atomic E-state index is 12.1. The van der Waals surface area contributed by atoms with Gasteiger partial charge in [0.25, 0.3) is 0 Å². The van der Waals surface area contributed by atoms with Gasteiger partial charge in [-0.05, 0) is 23.8 Å². The highest BCUT2D eigenvalue weighted by Crippen LogP contribution is 2.22. The van der Waals surface area contributed by atoms with Crippen LogP contribution in [0.1, 0.15) is 22.1 Å². The van der Waals surface area contributed by atoms with Crippen LogP contribution in [0.15, 0.2) is 42.7 Å². The average molecular weight is 289 g/mol. The number of ketones is 1. The molecule has 0 aliphatic rings. The lowest BCUT2D eigenvalue weighted by Crippen LogP contribution is -2.14. The number of carbonyl (C=O) groups is 1. The quantitative estimate of drug-likeness (QED) is 0.791. The van der Waals surface area contributed by atoms with Gasteiger partial charge in [0.05, 0.1) is 6.07 Å². The molecule has 2 aromatic rings. The number of Topliss-reactive ketones (excluding diaryl/α,β-unsaturated/α-hetero) is 1. The van der Waals surface area contributed by atoms with Crippen molar-refractivity contribution in [1.82, 2.24) is 9.97 Å². The Morgan fingerprint density at radius 2 is 1.81 bits per heavy atom. The Morgan fingerprint density at radius 3 is 2.33 bits per heavy atom. The molecule has 2 rings (SSSR count). The van der Waals surface area contributed by atoms with E-state index in [9.17, 15) is 13.6 Å². The van der Waals surface area contributed by atoms with Gasteiger partial charge < -0.3 is 4.74 Å². The van der Waals surface area contributed by atoms with E-state index in [1.165, 1.54) is 36.7 Å². The third-order valence-electron chi connectivity index (χ3n) is 2.62. The molecule has 0 saturated carbocycles. The number of alkyl halides is 2. The first-order valence-corrected chi connectivity index (χ1v) is 5.87. The van der Waals surface area contributed by atoms with E-state index in [1.54, 1.807) is 6.07 Å². The van der Waals surface area contributed by atoms with Gasteiger partial charge in [-0.1, -0.05) is 12.1 Å². The summed E-state index contributed by atoms with van der Waals surface area (Å²) < 4.78 is 28.3. The van der Waals surface area contributed by atoms with E-state index in [2.05, 4.69) is 14.7 Å². The number of rotatable bonds is 5. The predicted molar refractivity (Wildman–Crippen MR) is 67.8 cm³/mol. The number of aromatic nitrogens is 2. The summed E-state index contributed by atoms with van der Waals surface area (Å²) in [5, 5.41) is 9.15. The van der Waals surface area contributed by atoms with Crippen molar-refractivity contribution in [3.05, 3.63) is 54.1 Å². The highest BCUT2D eigenvalue weighted by Gasteiger charge is 2.24. The fraction of sp³-hybridized carbons (Fsp3) is 0.143. The smallest absolute Gasteiger partial charge is 0.387 e. The van der Waals surface area contributed by atoms with E-state index in [0.717, 1.165) is 0 Å². The summed E-state index contributed by atoms with van der Waals surface area (Å²) in [4.78, 5) is 19.7. The van der Waals surface area contributed by atoms with Crippen LogP contribution in [0.2, 0.25) is 0 Å². The van der Waals surface area contributed by atoms with Crippen LogP contribution in [0.3, 0.4) is 0 Å². The molecule has 0 fully saturated rings. The van der Waals surface area contributed by atoms with Gasteiger partial charge >= 0.3 is 6.61 Å². The zero-order valence-corrected chi connectivity index (χ0v) is 10.6. The van der Waals surface area contributed by atoms with Crippen LogP contribution >= 0.6 is 0 Å². The molecule has 5 nitrogen and oxygen atoms in total. The number of benzene rings is 1. The molecule has 21 heavy (non-hydrogen) atoms. The second kappa shape index (κ2) is 6.52. The van der Waals surface area contributed by atoms with Crippen LogP contribution < -0.4 is 4.74 Å². The summed E-state index contributed by atoms with van der Waals surface area (Å²) in [7, 11) is 0. The molecule has 106 valence electrons. The summed E-state index contributed by atoms with van der Waals surface area (Å²) in [6.45, 7) is -2.93. The van der Waals surface area contributed by atoms with Crippen LogP contribution in [0.4, 0.5) is 8.78 Å². The molecule has 7 heteroatoms. The summed E-state index contributed by atoms with van der Waals surface area (Å²) in [6.07, 6.45) is 2.79. The Bertz CT molecular complexity index is 654. The minimum Gasteiger partial charge on any atom is -0.435 e. The largest absolute Gasteiger partial charge is 0.435 e. The van der Waals surface area contributed by atoms with Gasteiger partial charge in [0.2, 0.25) is 5.78 Å². The lowest BCUT2D eigenvalue weighted by Gasteiger charge is -2.09. The molecule has 1 atom stereocenters. The number of ether oxygens (including phenoxy) is 1. The average Bonchev–Trinajstić information content (AvgIpc) is 2.50.